The molecule has 2 N–H and O–H groups in total. The first-order valence-corrected chi connectivity index (χ1v) is 12.7. The fourth-order valence-electron chi connectivity index (χ4n) is 4.44. The summed E-state index contributed by atoms with van der Waals surface area (Å²) in [4.78, 5) is 0.266. The van der Waals surface area contributed by atoms with Gasteiger partial charge in [-0.2, -0.15) is 0 Å². The van der Waals surface area contributed by atoms with Gasteiger partial charge < -0.3 is 10.2 Å². The van der Waals surface area contributed by atoms with E-state index in [0.29, 0.717) is 12.0 Å². The summed E-state index contributed by atoms with van der Waals surface area (Å²) >= 11 is 0. The number of phenols is 2. The van der Waals surface area contributed by atoms with E-state index >= 15 is 0 Å². The van der Waals surface area contributed by atoms with Gasteiger partial charge in [0.05, 0.1) is 9.79 Å². The van der Waals surface area contributed by atoms with E-state index in [1.165, 1.54) is 47.5 Å². The van der Waals surface area contributed by atoms with E-state index in [1.54, 1.807) is 6.07 Å². The van der Waals surface area contributed by atoms with E-state index in [9.17, 15) is 18.6 Å². The molecule has 0 aliphatic rings. The Kier molecular flexibility index (Phi) is 6.75. The van der Waals surface area contributed by atoms with Crippen molar-refractivity contribution in [3.05, 3.63) is 119 Å². The highest BCUT2D eigenvalue weighted by molar-refractivity contribution is 7.91. The number of aryl methyl sites for hydroxylation is 1. The molecule has 0 bridgehead atoms. The number of phenolic OH excluding ortho intramolecular Hbond substituents is 2. The molecule has 0 saturated carbocycles. The zero-order valence-corrected chi connectivity index (χ0v) is 20.0. The summed E-state index contributed by atoms with van der Waals surface area (Å²) in [5.74, 6) is -0.0807. The molecule has 0 saturated heterocycles. The minimum absolute atomic E-state index is 0.00195. The van der Waals surface area contributed by atoms with Crippen LogP contribution in [0.3, 0.4) is 0 Å². The van der Waals surface area contributed by atoms with Crippen molar-refractivity contribution in [3.8, 4) is 11.5 Å². The minimum atomic E-state index is -3.84. The van der Waals surface area contributed by atoms with Crippen molar-refractivity contribution in [1.29, 1.82) is 0 Å². The smallest absolute Gasteiger partial charge is 0.206 e. The van der Waals surface area contributed by atoms with Gasteiger partial charge in [0.15, 0.2) is 0 Å². The molecule has 4 rings (SSSR count). The van der Waals surface area contributed by atoms with Gasteiger partial charge >= 0.3 is 0 Å². The predicted octanol–water partition coefficient (Wildman–Crippen LogP) is 6.56. The third-order valence-electron chi connectivity index (χ3n) is 6.20. The maximum Gasteiger partial charge on any atom is 0.206 e. The van der Waals surface area contributed by atoms with Gasteiger partial charge in [0.1, 0.15) is 11.5 Å². The lowest BCUT2D eigenvalue weighted by Crippen LogP contribution is -2.11. The van der Waals surface area contributed by atoms with Gasteiger partial charge in [-0.25, -0.2) is 8.42 Å². The highest BCUT2D eigenvalue weighted by Crippen LogP contribution is 2.39. The molecule has 0 radical (unpaired) electrons. The largest absolute Gasteiger partial charge is 0.508 e. The van der Waals surface area contributed by atoms with Crippen molar-refractivity contribution < 1.29 is 18.6 Å². The summed E-state index contributed by atoms with van der Waals surface area (Å²) in [6.07, 6.45) is 0.662. The Bertz CT molecular complexity index is 1380. The van der Waals surface area contributed by atoms with Crippen LogP contribution >= 0.6 is 0 Å². The van der Waals surface area contributed by atoms with Crippen LogP contribution in [-0.4, -0.2) is 18.6 Å². The van der Waals surface area contributed by atoms with Crippen molar-refractivity contribution in [1.82, 2.24) is 0 Å². The lowest BCUT2D eigenvalue weighted by Gasteiger charge is -2.24. The molecular formula is C29H28O4S. The molecule has 0 aromatic heterocycles. The Hall–Kier alpha value is -3.57. The van der Waals surface area contributed by atoms with Gasteiger partial charge in [-0.3, -0.25) is 0 Å². The molecule has 0 fully saturated rings. The molecule has 0 aliphatic carbocycles. The lowest BCUT2D eigenvalue weighted by molar-refractivity contribution is 0.472. The predicted molar refractivity (Wildman–Crippen MR) is 134 cm³/mol. The number of hydrogen-bond donors (Lipinski definition) is 2. The standard InChI is InChI=1S/C29H28O4S/c1-20-7-6-10-23(17-20)28(22-8-4-3-5-9-22)18-21(2)27-19-25(31)13-16-29(27)34(32,33)26-14-11-24(30)12-15-26/h3-17,19,21,28,30-31H,18H2,1-2H3. The molecule has 0 aliphatic heterocycles. The van der Waals surface area contributed by atoms with E-state index in [4.69, 9.17) is 0 Å². The Balaban J connectivity index is 1.77. The van der Waals surface area contributed by atoms with Crippen LogP contribution in [0.2, 0.25) is 0 Å². The van der Waals surface area contributed by atoms with E-state index in [1.807, 2.05) is 31.2 Å². The molecule has 174 valence electrons. The third kappa shape index (κ3) is 5.00. The van der Waals surface area contributed by atoms with Crippen LogP contribution in [-0.2, 0) is 9.84 Å². The first kappa shape index (κ1) is 23.6. The van der Waals surface area contributed by atoms with Gasteiger partial charge in [-0.1, -0.05) is 67.1 Å². The molecule has 2 atom stereocenters. The van der Waals surface area contributed by atoms with Crippen LogP contribution in [0, 0.1) is 6.92 Å². The second-order valence-corrected chi connectivity index (χ2v) is 10.7. The molecule has 4 nitrogen and oxygen atoms in total. The van der Waals surface area contributed by atoms with Crippen molar-refractivity contribution in [2.75, 3.05) is 0 Å². The SMILES string of the molecule is Cc1cccc(C(CC(C)c2cc(O)ccc2S(=O)(=O)c2ccc(O)cc2)c2ccccc2)c1. The van der Waals surface area contributed by atoms with E-state index in [-0.39, 0.29) is 33.1 Å². The number of sulfone groups is 1. The summed E-state index contributed by atoms with van der Waals surface area (Å²) in [5, 5.41) is 19.8. The Morgan fingerprint density at radius 2 is 1.38 bits per heavy atom. The fourth-order valence-corrected chi connectivity index (χ4v) is 6.00. The first-order chi connectivity index (χ1) is 16.3. The molecule has 4 aromatic rings. The van der Waals surface area contributed by atoms with Gasteiger partial charge in [0.2, 0.25) is 9.84 Å². The maximum atomic E-state index is 13.5. The molecule has 2 unspecified atom stereocenters. The highest BCUT2D eigenvalue weighted by Gasteiger charge is 2.27. The third-order valence-corrected chi connectivity index (χ3v) is 8.04. The molecule has 5 heteroatoms. The van der Waals surface area contributed by atoms with Crippen LogP contribution in [0.5, 0.6) is 11.5 Å². The number of aromatic hydroxyl groups is 2. The van der Waals surface area contributed by atoms with E-state index < -0.39 is 9.84 Å². The second kappa shape index (κ2) is 9.74. The normalized spacial score (nSPS) is 13.4. The van der Waals surface area contributed by atoms with Crippen molar-refractivity contribution in [3.63, 3.8) is 0 Å². The maximum absolute atomic E-state index is 13.5. The summed E-state index contributed by atoms with van der Waals surface area (Å²) in [5.41, 5.74) is 4.06. The van der Waals surface area contributed by atoms with Gasteiger partial charge in [0.25, 0.3) is 0 Å². The summed E-state index contributed by atoms with van der Waals surface area (Å²) in [6, 6.07) is 28.5. The molecule has 0 spiro atoms. The van der Waals surface area contributed by atoms with Gasteiger partial charge in [-0.15, -0.1) is 0 Å². The second-order valence-electron chi connectivity index (χ2n) is 8.73. The summed E-state index contributed by atoms with van der Waals surface area (Å²) in [7, 11) is -3.84. The molecule has 0 amide bonds. The molecule has 0 heterocycles. The first-order valence-electron chi connectivity index (χ1n) is 11.2. The summed E-state index contributed by atoms with van der Waals surface area (Å²) < 4.78 is 27.0. The van der Waals surface area contributed by atoms with Crippen molar-refractivity contribution in [2.45, 2.75) is 41.9 Å². The molecular weight excluding hydrogens is 444 g/mol. The zero-order valence-electron chi connectivity index (χ0n) is 19.2. The number of benzene rings is 4. The Morgan fingerprint density at radius 1 is 0.735 bits per heavy atom. The van der Waals surface area contributed by atoms with Crippen LogP contribution in [0.4, 0.5) is 0 Å². The fraction of sp³-hybridized carbons (Fsp3) is 0.172. The Morgan fingerprint density at radius 3 is 2.06 bits per heavy atom. The summed E-state index contributed by atoms with van der Waals surface area (Å²) in [6.45, 7) is 4.06. The van der Waals surface area contributed by atoms with Crippen LogP contribution in [0.25, 0.3) is 0 Å². The lowest BCUT2D eigenvalue weighted by atomic mass is 9.81. The van der Waals surface area contributed by atoms with Crippen molar-refractivity contribution in [2.24, 2.45) is 0 Å². The quantitative estimate of drug-likeness (QED) is 0.319. The average Bonchev–Trinajstić information content (AvgIpc) is 2.83. The Labute approximate surface area is 201 Å². The average molecular weight is 473 g/mol. The zero-order chi connectivity index (χ0) is 24.3. The highest BCUT2D eigenvalue weighted by atomic mass is 32.2. The van der Waals surface area contributed by atoms with Crippen molar-refractivity contribution >= 4 is 9.84 Å². The van der Waals surface area contributed by atoms with Gasteiger partial charge in [-0.05, 0) is 78.4 Å². The number of hydrogen-bond acceptors (Lipinski definition) is 4. The topological polar surface area (TPSA) is 74.6 Å². The van der Waals surface area contributed by atoms with Crippen LogP contribution in [0.15, 0.2) is 107 Å². The molecule has 34 heavy (non-hydrogen) atoms. The van der Waals surface area contributed by atoms with Crippen LogP contribution < -0.4 is 0 Å². The molecule has 4 aromatic carbocycles. The van der Waals surface area contributed by atoms with E-state index in [2.05, 4.69) is 37.3 Å². The monoisotopic (exact) mass is 472 g/mol. The number of rotatable bonds is 7. The van der Waals surface area contributed by atoms with E-state index in [0.717, 1.165) is 5.56 Å². The van der Waals surface area contributed by atoms with Crippen LogP contribution in [0.1, 0.15) is 47.4 Å². The van der Waals surface area contributed by atoms with Gasteiger partial charge in [0, 0.05) is 5.92 Å². The minimum Gasteiger partial charge on any atom is -0.508 e.